The van der Waals surface area contributed by atoms with E-state index in [0.29, 0.717) is 12.3 Å². The minimum atomic E-state index is -0.151. The van der Waals surface area contributed by atoms with Crippen molar-refractivity contribution < 1.29 is 9.21 Å². The van der Waals surface area contributed by atoms with E-state index in [4.69, 9.17) is 4.42 Å². The molecule has 0 aliphatic rings. The van der Waals surface area contributed by atoms with Gasteiger partial charge in [0.2, 0.25) is 0 Å². The lowest BCUT2D eigenvalue weighted by molar-refractivity contribution is 0.0910. The first-order chi connectivity index (χ1) is 9.41. The molecule has 1 N–H and O–H groups in total. The molecule has 0 fully saturated rings. The number of amides is 1. The van der Waals surface area contributed by atoms with Gasteiger partial charge in [-0.3, -0.25) is 4.79 Å². The summed E-state index contributed by atoms with van der Waals surface area (Å²) in [4.78, 5) is 12.1. The molecule has 0 saturated heterocycles. The lowest BCUT2D eigenvalue weighted by Gasteiger charge is -2.23. The number of alkyl halides is 1. The number of hydrogen-bond acceptors (Lipinski definition) is 2. The number of fused-ring (bicyclic) bond motifs is 1. The van der Waals surface area contributed by atoms with Gasteiger partial charge in [-0.05, 0) is 37.0 Å². The molecule has 0 aliphatic carbocycles. The smallest absolute Gasteiger partial charge is 0.287 e. The highest BCUT2D eigenvalue weighted by molar-refractivity contribution is 9.09. The third kappa shape index (κ3) is 3.63. The first-order valence-electron chi connectivity index (χ1n) is 6.76. The quantitative estimate of drug-likeness (QED) is 0.827. The van der Waals surface area contributed by atoms with Crippen molar-refractivity contribution in [2.24, 2.45) is 5.41 Å². The second-order valence-electron chi connectivity index (χ2n) is 5.94. The summed E-state index contributed by atoms with van der Waals surface area (Å²) in [5.74, 6) is 0.224. The molecule has 0 spiro atoms. The number of carbonyl (C=O) groups excluding carboxylic acids is 1. The fraction of sp³-hybridized carbons (Fsp3) is 0.438. The molecule has 1 aromatic carbocycles. The van der Waals surface area contributed by atoms with Crippen molar-refractivity contribution in [2.75, 3.05) is 11.9 Å². The Balaban J connectivity index is 2.08. The molecule has 108 valence electrons. The molecule has 1 aromatic heterocycles. The summed E-state index contributed by atoms with van der Waals surface area (Å²) < 4.78 is 5.59. The summed E-state index contributed by atoms with van der Waals surface area (Å²) in [6.07, 6.45) is 1.01. The molecule has 0 bridgehead atoms. The van der Waals surface area contributed by atoms with E-state index in [-0.39, 0.29) is 11.3 Å². The van der Waals surface area contributed by atoms with Gasteiger partial charge in [0.05, 0.1) is 0 Å². The van der Waals surface area contributed by atoms with Crippen LogP contribution in [0.3, 0.4) is 0 Å². The molecule has 3 nitrogen and oxygen atoms in total. The maximum Gasteiger partial charge on any atom is 0.287 e. The van der Waals surface area contributed by atoms with Gasteiger partial charge in [0, 0.05) is 17.3 Å². The van der Waals surface area contributed by atoms with Crippen molar-refractivity contribution in [3.8, 4) is 0 Å². The normalized spacial score (nSPS) is 11.8. The molecule has 4 heteroatoms. The van der Waals surface area contributed by atoms with Crippen LogP contribution in [0, 0.1) is 12.3 Å². The minimum Gasteiger partial charge on any atom is -0.451 e. The van der Waals surface area contributed by atoms with Crippen molar-refractivity contribution in [1.29, 1.82) is 0 Å². The molecule has 1 amide bonds. The Bertz CT molecular complexity index is 616. The van der Waals surface area contributed by atoms with Crippen LogP contribution in [0.4, 0.5) is 0 Å². The van der Waals surface area contributed by atoms with Gasteiger partial charge in [0.1, 0.15) is 5.58 Å². The fourth-order valence-corrected chi connectivity index (χ4v) is 3.10. The zero-order valence-corrected chi connectivity index (χ0v) is 13.7. The maximum atomic E-state index is 12.1. The lowest BCUT2D eigenvalue weighted by atomic mass is 9.90. The zero-order chi connectivity index (χ0) is 14.8. The number of furan rings is 1. The van der Waals surface area contributed by atoms with Gasteiger partial charge in [-0.2, -0.15) is 0 Å². The van der Waals surface area contributed by atoms with Crippen LogP contribution in [0.1, 0.15) is 36.4 Å². The average molecular weight is 338 g/mol. The number of aryl methyl sites for hydroxylation is 1. The van der Waals surface area contributed by atoms with Crippen LogP contribution < -0.4 is 5.32 Å². The number of carbonyl (C=O) groups is 1. The number of hydrogen-bond donors (Lipinski definition) is 1. The summed E-state index contributed by atoms with van der Waals surface area (Å²) in [7, 11) is 0. The molecular weight excluding hydrogens is 318 g/mol. The van der Waals surface area contributed by atoms with Gasteiger partial charge in [-0.15, -0.1) is 0 Å². The maximum absolute atomic E-state index is 12.1. The summed E-state index contributed by atoms with van der Waals surface area (Å²) in [5, 5.41) is 4.84. The number of benzene rings is 1. The summed E-state index contributed by atoms with van der Waals surface area (Å²) >= 11 is 3.44. The molecule has 0 aliphatic heterocycles. The van der Waals surface area contributed by atoms with E-state index in [0.717, 1.165) is 28.3 Å². The van der Waals surface area contributed by atoms with Crippen LogP contribution in [-0.4, -0.2) is 17.8 Å². The standard InChI is InChI=1S/C16H20BrNO2/c1-11-4-5-13-12(8-11)9-14(20-13)15(19)18-10-16(2,3)6-7-17/h4-5,8-9H,6-7,10H2,1-3H3,(H,18,19). The van der Waals surface area contributed by atoms with Crippen molar-refractivity contribution in [3.63, 3.8) is 0 Å². The van der Waals surface area contributed by atoms with E-state index in [9.17, 15) is 4.79 Å². The van der Waals surface area contributed by atoms with Gasteiger partial charge in [-0.25, -0.2) is 0 Å². The third-order valence-electron chi connectivity index (χ3n) is 3.39. The Labute approximate surface area is 127 Å². The van der Waals surface area contributed by atoms with Gasteiger partial charge in [-0.1, -0.05) is 41.4 Å². The van der Waals surface area contributed by atoms with Gasteiger partial charge in [0.25, 0.3) is 5.91 Å². The largest absolute Gasteiger partial charge is 0.451 e. The first kappa shape index (κ1) is 15.1. The van der Waals surface area contributed by atoms with Crippen molar-refractivity contribution in [2.45, 2.75) is 27.2 Å². The van der Waals surface area contributed by atoms with E-state index in [1.165, 1.54) is 0 Å². The highest BCUT2D eigenvalue weighted by atomic mass is 79.9. The van der Waals surface area contributed by atoms with E-state index in [1.54, 1.807) is 6.07 Å². The monoisotopic (exact) mass is 337 g/mol. The molecule has 2 aromatic rings. The summed E-state index contributed by atoms with van der Waals surface area (Å²) in [5.41, 5.74) is 1.98. The van der Waals surface area contributed by atoms with E-state index in [2.05, 4.69) is 35.1 Å². The zero-order valence-electron chi connectivity index (χ0n) is 12.1. The van der Waals surface area contributed by atoms with Crippen LogP contribution >= 0.6 is 15.9 Å². The predicted octanol–water partition coefficient (Wildman–Crippen LogP) is 4.28. The summed E-state index contributed by atoms with van der Waals surface area (Å²) in [6.45, 7) is 6.93. The highest BCUT2D eigenvalue weighted by Gasteiger charge is 2.20. The Morgan fingerprint density at radius 2 is 2.10 bits per heavy atom. The fourth-order valence-electron chi connectivity index (χ4n) is 2.03. The Morgan fingerprint density at radius 3 is 2.80 bits per heavy atom. The average Bonchev–Trinajstić information content (AvgIpc) is 2.79. The molecule has 0 radical (unpaired) electrons. The lowest BCUT2D eigenvalue weighted by Crippen LogP contribution is -2.34. The Kier molecular flexibility index (Phi) is 4.53. The first-order valence-corrected chi connectivity index (χ1v) is 7.88. The molecule has 1 heterocycles. The van der Waals surface area contributed by atoms with Crippen molar-refractivity contribution in [3.05, 3.63) is 35.6 Å². The van der Waals surface area contributed by atoms with E-state index < -0.39 is 0 Å². The number of rotatable bonds is 5. The molecule has 0 atom stereocenters. The SMILES string of the molecule is Cc1ccc2oc(C(=O)NCC(C)(C)CCBr)cc2c1. The van der Waals surface area contributed by atoms with Crippen molar-refractivity contribution >= 4 is 32.8 Å². The Morgan fingerprint density at radius 1 is 1.35 bits per heavy atom. The third-order valence-corrected chi connectivity index (χ3v) is 3.79. The van der Waals surface area contributed by atoms with Crippen LogP contribution in [0.2, 0.25) is 0 Å². The van der Waals surface area contributed by atoms with E-state index >= 15 is 0 Å². The molecule has 0 saturated carbocycles. The predicted molar refractivity (Wildman–Crippen MR) is 85.5 cm³/mol. The molecule has 0 unspecified atom stereocenters. The van der Waals surface area contributed by atoms with Gasteiger partial charge in [0.15, 0.2) is 5.76 Å². The summed E-state index contributed by atoms with van der Waals surface area (Å²) in [6, 6.07) is 7.70. The van der Waals surface area contributed by atoms with Gasteiger partial charge < -0.3 is 9.73 Å². The van der Waals surface area contributed by atoms with Crippen LogP contribution in [-0.2, 0) is 0 Å². The molecular formula is C16H20BrNO2. The molecule has 2 rings (SSSR count). The second kappa shape index (κ2) is 6.00. The van der Waals surface area contributed by atoms with Crippen LogP contribution in [0.25, 0.3) is 11.0 Å². The number of nitrogens with one attached hydrogen (secondary N) is 1. The van der Waals surface area contributed by atoms with Crippen molar-refractivity contribution in [1.82, 2.24) is 5.32 Å². The van der Waals surface area contributed by atoms with Crippen LogP contribution in [0.5, 0.6) is 0 Å². The Hall–Kier alpha value is -1.29. The second-order valence-corrected chi connectivity index (χ2v) is 6.73. The highest BCUT2D eigenvalue weighted by Crippen LogP contribution is 2.22. The topological polar surface area (TPSA) is 42.2 Å². The van der Waals surface area contributed by atoms with Gasteiger partial charge >= 0.3 is 0 Å². The van der Waals surface area contributed by atoms with Crippen LogP contribution in [0.15, 0.2) is 28.7 Å². The minimum absolute atomic E-state index is 0.0712. The number of halogens is 1. The van der Waals surface area contributed by atoms with E-state index in [1.807, 2.05) is 25.1 Å². The molecule has 20 heavy (non-hydrogen) atoms.